The van der Waals surface area contributed by atoms with Crippen LogP contribution in [0, 0.1) is 6.92 Å². The molecule has 18 heavy (non-hydrogen) atoms. The van der Waals surface area contributed by atoms with Gasteiger partial charge in [0.1, 0.15) is 0 Å². The lowest BCUT2D eigenvalue weighted by atomic mass is 9.87. The third-order valence-corrected chi connectivity index (χ3v) is 3.44. The lowest BCUT2D eigenvalue weighted by Crippen LogP contribution is -2.26. The van der Waals surface area contributed by atoms with Crippen LogP contribution < -0.4 is 5.73 Å². The molecule has 0 amide bonds. The minimum atomic E-state index is 0.161. The molecule has 0 aliphatic rings. The van der Waals surface area contributed by atoms with Gasteiger partial charge in [-0.05, 0) is 31.4 Å². The van der Waals surface area contributed by atoms with Crippen LogP contribution in [0.5, 0.6) is 0 Å². The highest BCUT2D eigenvalue weighted by Gasteiger charge is 2.16. The van der Waals surface area contributed by atoms with Crippen LogP contribution in [-0.4, -0.2) is 6.04 Å². The van der Waals surface area contributed by atoms with Crippen LogP contribution in [-0.2, 0) is 6.42 Å². The van der Waals surface area contributed by atoms with Gasteiger partial charge < -0.3 is 5.73 Å². The van der Waals surface area contributed by atoms with Gasteiger partial charge in [0.15, 0.2) is 0 Å². The summed E-state index contributed by atoms with van der Waals surface area (Å²) in [6.07, 6.45) is 1.00. The lowest BCUT2D eigenvalue weighted by Gasteiger charge is -2.21. The number of hydrogen-bond acceptors (Lipinski definition) is 1. The molecular formula is C17H21N. The topological polar surface area (TPSA) is 26.0 Å². The average molecular weight is 239 g/mol. The van der Waals surface area contributed by atoms with E-state index < -0.39 is 0 Å². The first-order chi connectivity index (χ1) is 8.66. The maximum atomic E-state index is 6.15. The molecule has 0 radical (unpaired) electrons. The maximum absolute atomic E-state index is 6.15. The van der Waals surface area contributed by atoms with Gasteiger partial charge in [-0.1, -0.05) is 60.2 Å². The number of rotatable bonds is 4. The Morgan fingerprint density at radius 3 is 2.11 bits per heavy atom. The fraction of sp³-hybridized carbons (Fsp3) is 0.294. The molecule has 0 aliphatic heterocycles. The molecule has 2 N–H and O–H groups in total. The number of aryl methyl sites for hydroxylation is 1. The zero-order valence-electron chi connectivity index (χ0n) is 11.1. The lowest BCUT2D eigenvalue weighted by molar-refractivity contribution is 0.565. The van der Waals surface area contributed by atoms with E-state index in [2.05, 4.69) is 62.4 Å². The molecule has 2 aromatic rings. The van der Waals surface area contributed by atoms with Crippen LogP contribution in [0.25, 0.3) is 0 Å². The van der Waals surface area contributed by atoms with Gasteiger partial charge in [0, 0.05) is 12.0 Å². The highest BCUT2D eigenvalue weighted by Crippen LogP contribution is 2.23. The van der Waals surface area contributed by atoms with E-state index in [0.29, 0.717) is 5.92 Å². The van der Waals surface area contributed by atoms with Crippen molar-refractivity contribution < 1.29 is 0 Å². The van der Waals surface area contributed by atoms with E-state index >= 15 is 0 Å². The van der Waals surface area contributed by atoms with Crippen molar-refractivity contribution in [3.8, 4) is 0 Å². The average Bonchev–Trinajstić information content (AvgIpc) is 2.38. The minimum Gasteiger partial charge on any atom is -0.327 e. The van der Waals surface area contributed by atoms with E-state index in [4.69, 9.17) is 5.73 Å². The van der Waals surface area contributed by atoms with Crippen LogP contribution in [0.3, 0.4) is 0 Å². The molecule has 2 aromatic carbocycles. The smallest absolute Gasteiger partial charge is 0.00825 e. The van der Waals surface area contributed by atoms with Gasteiger partial charge in [-0.15, -0.1) is 0 Å². The Balaban J connectivity index is 2.19. The molecule has 0 saturated heterocycles. The fourth-order valence-electron chi connectivity index (χ4n) is 2.29. The summed E-state index contributed by atoms with van der Waals surface area (Å²) in [5.74, 6) is 0.383. The molecule has 0 fully saturated rings. The number of benzene rings is 2. The summed E-state index contributed by atoms with van der Waals surface area (Å²) in [6, 6.07) is 19.4. The molecule has 94 valence electrons. The van der Waals surface area contributed by atoms with Crippen LogP contribution in [0.2, 0.25) is 0 Å². The van der Waals surface area contributed by atoms with Gasteiger partial charge >= 0.3 is 0 Å². The van der Waals surface area contributed by atoms with E-state index in [0.717, 1.165) is 6.42 Å². The first-order valence-corrected chi connectivity index (χ1v) is 6.53. The van der Waals surface area contributed by atoms with Crippen molar-refractivity contribution >= 4 is 0 Å². The van der Waals surface area contributed by atoms with Crippen molar-refractivity contribution in [2.24, 2.45) is 5.73 Å². The molecule has 1 nitrogen and oxygen atoms in total. The maximum Gasteiger partial charge on any atom is 0.00825 e. The van der Waals surface area contributed by atoms with Crippen molar-refractivity contribution in [2.75, 3.05) is 0 Å². The molecule has 0 heterocycles. The molecule has 0 aliphatic carbocycles. The van der Waals surface area contributed by atoms with Crippen LogP contribution >= 0.6 is 0 Å². The largest absolute Gasteiger partial charge is 0.327 e. The molecule has 0 aromatic heterocycles. The first kappa shape index (κ1) is 12.8. The second-order valence-electron chi connectivity index (χ2n) is 5.07. The Bertz CT molecular complexity index is 471. The monoisotopic (exact) mass is 239 g/mol. The van der Waals surface area contributed by atoms with E-state index in [1.54, 1.807) is 0 Å². The van der Waals surface area contributed by atoms with Gasteiger partial charge in [0.25, 0.3) is 0 Å². The molecular weight excluding hydrogens is 218 g/mol. The van der Waals surface area contributed by atoms with Gasteiger partial charge in [-0.3, -0.25) is 0 Å². The van der Waals surface area contributed by atoms with Gasteiger partial charge in [-0.2, -0.15) is 0 Å². The summed E-state index contributed by atoms with van der Waals surface area (Å²) in [6.45, 7) is 4.20. The van der Waals surface area contributed by atoms with E-state index in [9.17, 15) is 0 Å². The highest BCUT2D eigenvalue weighted by atomic mass is 14.6. The zero-order chi connectivity index (χ0) is 13.0. The first-order valence-electron chi connectivity index (χ1n) is 6.53. The van der Waals surface area contributed by atoms with E-state index in [1.807, 2.05) is 6.07 Å². The van der Waals surface area contributed by atoms with E-state index in [1.165, 1.54) is 16.7 Å². The van der Waals surface area contributed by atoms with Crippen molar-refractivity contribution in [2.45, 2.75) is 32.2 Å². The van der Waals surface area contributed by atoms with Crippen molar-refractivity contribution in [1.82, 2.24) is 0 Å². The third-order valence-electron chi connectivity index (χ3n) is 3.44. The Labute approximate surface area is 110 Å². The summed E-state index contributed by atoms with van der Waals surface area (Å²) in [4.78, 5) is 0. The Morgan fingerprint density at radius 1 is 0.944 bits per heavy atom. The Morgan fingerprint density at radius 2 is 1.56 bits per heavy atom. The molecule has 2 rings (SSSR count). The summed E-state index contributed by atoms with van der Waals surface area (Å²) < 4.78 is 0. The second-order valence-corrected chi connectivity index (χ2v) is 5.07. The quantitative estimate of drug-likeness (QED) is 0.865. The molecule has 0 saturated carbocycles. The third kappa shape index (κ3) is 3.21. The normalized spacial score (nSPS) is 14.2. The van der Waals surface area contributed by atoms with E-state index in [-0.39, 0.29) is 6.04 Å². The summed E-state index contributed by atoms with van der Waals surface area (Å²) >= 11 is 0. The molecule has 0 spiro atoms. The summed E-state index contributed by atoms with van der Waals surface area (Å²) in [7, 11) is 0. The predicted octanol–water partition coefficient (Wildman–Crippen LogP) is 3.67. The Hall–Kier alpha value is -1.60. The molecule has 1 heteroatoms. The van der Waals surface area contributed by atoms with Gasteiger partial charge in [0.2, 0.25) is 0 Å². The summed E-state index contributed by atoms with van der Waals surface area (Å²) in [5, 5.41) is 0. The molecule has 2 atom stereocenters. The van der Waals surface area contributed by atoms with Crippen molar-refractivity contribution in [1.29, 1.82) is 0 Å². The minimum absolute atomic E-state index is 0.161. The molecule has 0 unspecified atom stereocenters. The number of nitrogens with two attached hydrogens (primary N) is 1. The SMILES string of the molecule is Cc1ccc(C[C@H](c2ccccc2)[C@@H](C)N)cc1. The fourth-order valence-corrected chi connectivity index (χ4v) is 2.29. The predicted molar refractivity (Wildman–Crippen MR) is 77.7 cm³/mol. The second kappa shape index (κ2) is 5.83. The van der Waals surface area contributed by atoms with Crippen LogP contribution in [0.4, 0.5) is 0 Å². The van der Waals surface area contributed by atoms with Gasteiger partial charge in [0.05, 0.1) is 0 Å². The molecule has 0 bridgehead atoms. The van der Waals surface area contributed by atoms with Crippen molar-refractivity contribution in [3.05, 3.63) is 71.3 Å². The highest BCUT2D eigenvalue weighted by molar-refractivity contribution is 5.27. The van der Waals surface area contributed by atoms with Gasteiger partial charge in [-0.25, -0.2) is 0 Å². The number of hydrogen-bond donors (Lipinski definition) is 1. The van der Waals surface area contributed by atoms with Crippen LogP contribution in [0.15, 0.2) is 54.6 Å². The standard InChI is InChI=1S/C17H21N/c1-13-8-10-15(11-9-13)12-17(14(2)18)16-6-4-3-5-7-16/h3-11,14,17H,12,18H2,1-2H3/t14-,17+/m1/s1. The summed E-state index contributed by atoms with van der Waals surface area (Å²) in [5.41, 5.74) is 10.1. The van der Waals surface area contributed by atoms with Crippen LogP contribution in [0.1, 0.15) is 29.5 Å². The zero-order valence-corrected chi connectivity index (χ0v) is 11.1. The Kier molecular flexibility index (Phi) is 4.16. The van der Waals surface area contributed by atoms with Crippen molar-refractivity contribution in [3.63, 3.8) is 0 Å².